The minimum atomic E-state index is -3.85. The summed E-state index contributed by atoms with van der Waals surface area (Å²) in [7, 11) is -3.85. The molecule has 1 aromatic heterocycles. The number of aromatic nitrogens is 1. The van der Waals surface area contributed by atoms with Crippen molar-refractivity contribution in [3.8, 4) is 0 Å². The van der Waals surface area contributed by atoms with Crippen LogP contribution in [0, 0.1) is 0 Å². The van der Waals surface area contributed by atoms with Gasteiger partial charge in [0.2, 0.25) is 0 Å². The molecule has 0 unspecified atom stereocenters. The molecular weight excluding hydrogens is 214 g/mol. The normalized spacial score (nSPS) is 11.3. The van der Waals surface area contributed by atoms with Crippen molar-refractivity contribution in [3.05, 3.63) is 36.7 Å². The first-order chi connectivity index (χ1) is 7.03. The Morgan fingerprint density at radius 3 is 2.80 bits per heavy atom. The van der Waals surface area contributed by atoms with Gasteiger partial charge in [0.1, 0.15) is 0 Å². The van der Waals surface area contributed by atoms with Crippen molar-refractivity contribution in [2.24, 2.45) is 0 Å². The Morgan fingerprint density at radius 1 is 1.47 bits per heavy atom. The van der Waals surface area contributed by atoms with Crippen LogP contribution in [0.1, 0.15) is 12.1 Å². The van der Waals surface area contributed by atoms with E-state index in [4.69, 9.17) is 4.55 Å². The van der Waals surface area contributed by atoms with Crippen molar-refractivity contribution in [2.75, 3.05) is 5.75 Å². The second-order valence-electron chi connectivity index (χ2n) is 3.17. The lowest BCUT2D eigenvalue weighted by atomic mass is 10.2. The van der Waals surface area contributed by atoms with Crippen LogP contribution in [-0.2, 0) is 16.5 Å². The van der Waals surface area contributed by atoms with Crippen LogP contribution in [0.4, 0.5) is 0 Å². The maximum absolute atomic E-state index is 10.5. The minimum absolute atomic E-state index is 0.209. The fraction of sp³-hybridized carbons (Fsp3) is 0.300. The molecule has 1 aromatic rings. The van der Waals surface area contributed by atoms with E-state index in [1.54, 1.807) is 6.20 Å². The molecule has 0 aliphatic rings. The van der Waals surface area contributed by atoms with Crippen molar-refractivity contribution >= 4 is 16.3 Å². The molecule has 1 N–H and O–H groups in total. The van der Waals surface area contributed by atoms with E-state index in [0.29, 0.717) is 12.8 Å². The molecule has 0 saturated carbocycles. The highest BCUT2D eigenvalue weighted by Crippen LogP contribution is 1.99. The predicted octanol–water partition coefficient (Wildman–Crippen LogP) is 0.895. The molecule has 4 nitrogen and oxygen atoms in total. The summed E-state index contributed by atoms with van der Waals surface area (Å²) in [6, 6.07) is 5.64. The third-order valence-electron chi connectivity index (χ3n) is 2.01. The summed E-state index contributed by atoms with van der Waals surface area (Å²) in [6.45, 7) is 3.64. The Balaban J connectivity index is 2.61. The maximum atomic E-state index is 10.5. The SMILES string of the molecule is C=C[n+]1ccccc1CCCS(=O)(=O)O. The van der Waals surface area contributed by atoms with Crippen LogP contribution < -0.4 is 4.57 Å². The molecule has 0 atom stereocenters. The molecule has 0 radical (unpaired) electrons. The number of hydrogen-bond donors (Lipinski definition) is 1. The molecular formula is C10H14NO3S+. The molecule has 1 heterocycles. The van der Waals surface area contributed by atoms with Gasteiger partial charge in [0.25, 0.3) is 10.1 Å². The van der Waals surface area contributed by atoms with Crippen LogP contribution in [0.25, 0.3) is 6.20 Å². The second kappa shape index (κ2) is 5.04. The van der Waals surface area contributed by atoms with Crippen LogP contribution in [0.15, 0.2) is 31.0 Å². The van der Waals surface area contributed by atoms with Crippen LogP contribution in [0.2, 0.25) is 0 Å². The maximum Gasteiger partial charge on any atom is 0.264 e. The van der Waals surface area contributed by atoms with Crippen molar-refractivity contribution in [1.29, 1.82) is 0 Å². The van der Waals surface area contributed by atoms with Crippen molar-refractivity contribution in [1.82, 2.24) is 0 Å². The first kappa shape index (κ1) is 11.9. The third kappa shape index (κ3) is 4.22. The standard InChI is InChI=1S/C10H13NO3S/c1-2-11-8-4-3-6-10(11)7-5-9-15(12,13)14/h2-4,6,8H,1,5,7,9H2/p+1. The van der Waals surface area contributed by atoms with Crippen molar-refractivity contribution in [3.63, 3.8) is 0 Å². The van der Waals surface area contributed by atoms with Crippen LogP contribution in [-0.4, -0.2) is 18.7 Å². The molecule has 5 heteroatoms. The van der Waals surface area contributed by atoms with Gasteiger partial charge in [-0.05, 0) is 13.0 Å². The average molecular weight is 228 g/mol. The van der Waals surface area contributed by atoms with Gasteiger partial charge in [0, 0.05) is 18.6 Å². The smallest absolute Gasteiger partial charge is 0.264 e. The number of nitrogens with zero attached hydrogens (tertiary/aromatic N) is 1. The third-order valence-corrected chi connectivity index (χ3v) is 2.81. The Morgan fingerprint density at radius 2 is 2.20 bits per heavy atom. The number of hydrogen-bond acceptors (Lipinski definition) is 2. The van der Waals surface area contributed by atoms with Gasteiger partial charge >= 0.3 is 0 Å². The lowest BCUT2D eigenvalue weighted by molar-refractivity contribution is -0.577. The summed E-state index contributed by atoms with van der Waals surface area (Å²) in [6.07, 6.45) is 4.49. The van der Waals surface area contributed by atoms with E-state index in [2.05, 4.69) is 6.58 Å². The van der Waals surface area contributed by atoms with Crippen LogP contribution >= 0.6 is 0 Å². The van der Waals surface area contributed by atoms with E-state index in [0.717, 1.165) is 5.69 Å². The Kier molecular flexibility index (Phi) is 3.99. The first-order valence-corrected chi connectivity index (χ1v) is 6.20. The molecule has 0 spiro atoms. The highest BCUT2D eigenvalue weighted by Gasteiger charge is 2.09. The highest BCUT2D eigenvalue weighted by atomic mass is 32.2. The number of aryl methyl sites for hydroxylation is 1. The predicted molar refractivity (Wildman–Crippen MR) is 57.8 cm³/mol. The van der Waals surface area contributed by atoms with Gasteiger partial charge in [-0.2, -0.15) is 13.0 Å². The topological polar surface area (TPSA) is 58.2 Å². The van der Waals surface area contributed by atoms with E-state index in [9.17, 15) is 8.42 Å². The summed E-state index contributed by atoms with van der Waals surface area (Å²) in [5.41, 5.74) is 0.969. The van der Waals surface area contributed by atoms with Gasteiger partial charge in [-0.1, -0.05) is 6.07 Å². The largest absolute Gasteiger partial charge is 0.286 e. The Hall–Kier alpha value is -1.20. The Bertz CT molecular complexity index is 440. The molecule has 0 aliphatic carbocycles. The van der Waals surface area contributed by atoms with Crippen molar-refractivity contribution in [2.45, 2.75) is 12.8 Å². The zero-order chi connectivity index (χ0) is 11.3. The molecule has 15 heavy (non-hydrogen) atoms. The van der Waals surface area contributed by atoms with Crippen molar-refractivity contribution < 1.29 is 17.5 Å². The summed E-state index contributed by atoms with van der Waals surface area (Å²) in [5, 5.41) is 0. The Labute approximate surface area is 89.6 Å². The summed E-state index contributed by atoms with van der Waals surface area (Å²) >= 11 is 0. The summed E-state index contributed by atoms with van der Waals surface area (Å²) in [4.78, 5) is 0. The minimum Gasteiger partial charge on any atom is -0.286 e. The van der Waals surface area contributed by atoms with Gasteiger partial charge in [0.15, 0.2) is 18.1 Å². The number of pyridine rings is 1. The molecule has 0 bridgehead atoms. The van der Waals surface area contributed by atoms with Crippen LogP contribution in [0.3, 0.4) is 0 Å². The van der Waals surface area contributed by atoms with Crippen LogP contribution in [0.5, 0.6) is 0 Å². The fourth-order valence-electron chi connectivity index (χ4n) is 1.32. The van der Waals surface area contributed by atoms with E-state index in [-0.39, 0.29) is 5.75 Å². The molecule has 0 aromatic carbocycles. The van der Waals surface area contributed by atoms with Gasteiger partial charge in [-0.25, -0.2) is 0 Å². The molecule has 1 rings (SSSR count). The van der Waals surface area contributed by atoms with Gasteiger partial charge in [-0.15, -0.1) is 0 Å². The van der Waals surface area contributed by atoms with E-state index in [1.165, 1.54) is 0 Å². The lowest BCUT2D eigenvalue weighted by Gasteiger charge is -1.98. The second-order valence-corrected chi connectivity index (χ2v) is 4.74. The lowest BCUT2D eigenvalue weighted by Crippen LogP contribution is -2.30. The van der Waals surface area contributed by atoms with Gasteiger partial charge in [0.05, 0.1) is 5.75 Å². The van der Waals surface area contributed by atoms with Gasteiger partial charge in [-0.3, -0.25) is 4.55 Å². The zero-order valence-corrected chi connectivity index (χ0v) is 9.15. The van der Waals surface area contributed by atoms with E-state index < -0.39 is 10.1 Å². The average Bonchev–Trinajstić information content (AvgIpc) is 2.16. The van der Waals surface area contributed by atoms with E-state index in [1.807, 2.05) is 29.0 Å². The molecule has 0 saturated heterocycles. The molecule has 0 aliphatic heterocycles. The quantitative estimate of drug-likeness (QED) is 0.601. The summed E-state index contributed by atoms with van der Waals surface area (Å²) in [5.74, 6) is -0.209. The number of rotatable bonds is 5. The van der Waals surface area contributed by atoms with E-state index >= 15 is 0 Å². The fourth-order valence-corrected chi connectivity index (χ4v) is 1.83. The molecule has 82 valence electrons. The molecule has 0 fully saturated rings. The highest BCUT2D eigenvalue weighted by molar-refractivity contribution is 7.85. The van der Waals surface area contributed by atoms with Gasteiger partial charge < -0.3 is 0 Å². The first-order valence-electron chi connectivity index (χ1n) is 4.60. The molecule has 0 amide bonds. The summed E-state index contributed by atoms with van der Waals surface area (Å²) < 4.78 is 31.4. The zero-order valence-electron chi connectivity index (χ0n) is 8.33. The monoisotopic (exact) mass is 228 g/mol.